The molecule has 1 heterocycles. The number of hydrogen-bond donors (Lipinski definition) is 1. The molecule has 0 unspecified atom stereocenters. The van der Waals surface area contributed by atoms with Crippen LogP contribution in [0.15, 0.2) is 47.4 Å². The molecule has 25 heavy (non-hydrogen) atoms. The van der Waals surface area contributed by atoms with Gasteiger partial charge in [-0.05, 0) is 61.7 Å². The van der Waals surface area contributed by atoms with E-state index < -0.39 is 10.0 Å². The number of likely N-dealkylation sites (tertiary alicyclic amines) is 1. The van der Waals surface area contributed by atoms with Gasteiger partial charge in [-0.3, -0.25) is 0 Å². The van der Waals surface area contributed by atoms with E-state index in [1.807, 2.05) is 30.3 Å². The van der Waals surface area contributed by atoms with Gasteiger partial charge in [-0.15, -0.1) is 0 Å². The molecular formula is C20H28N2O2S. The summed E-state index contributed by atoms with van der Waals surface area (Å²) >= 11 is 0. The van der Waals surface area contributed by atoms with Crippen molar-refractivity contribution in [2.24, 2.45) is 0 Å². The van der Waals surface area contributed by atoms with Crippen molar-refractivity contribution < 1.29 is 8.42 Å². The van der Waals surface area contributed by atoms with Crippen LogP contribution in [0.3, 0.4) is 0 Å². The topological polar surface area (TPSA) is 49.4 Å². The Balaban J connectivity index is 1.56. The van der Waals surface area contributed by atoms with Crippen LogP contribution in [0.5, 0.6) is 0 Å². The Hall–Kier alpha value is -1.43. The van der Waals surface area contributed by atoms with Crippen molar-refractivity contribution in [1.29, 1.82) is 0 Å². The Morgan fingerprint density at radius 2 is 1.92 bits per heavy atom. The smallest absolute Gasteiger partial charge is 0.240 e. The summed E-state index contributed by atoms with van der Waals surface area (Å²) in [5.41, 5.74) is 0. The van der Waals surface area contributed by atoms with Crippen molar-refractivity contribution >= 4 is 20.8 Å². The molecule has 0 aliphatic carbocycles. The summed E-state index contributed by atoms with van der Waals surface area (Å²) in [7, 11) is -3.44. The van der Waals surface area contributed by atoms with Crippen LogP contribution in [0.1, 0.15) is 39.0 Å². The summed E-state index contributed by atoms with van der Waals surface area (Å²) in [4.78, 5) is 2.86. The molecule has 1 atom stereocenters. The SMILES string of the molecule is CC[C@H]1CCCCN1CCCNS(=O)(=O)c1ccc2ccccc2c1. The number of nitrogens with zero attached hydrogens (tertiary/aromatic N) is 1. The fraction of sp³-hybridized carbons (Fsp3) is 0.500. The highest BCUT2D eigenvalue weighted by molar-refractivity contribution is 7.89. The molecule has 0 radical (unpaired) electrons. The van der Waals surface area contributed by atoms with Gasteiger partial charge < -0.3 is 4.90 Å². The summed E-state index contributed by atoms with van der Waals surface area (Å²) in [6.45, 7) is 4.85. The lowest BCUT2D eigenvalue weighted by molar-refractivity contribution is 0.143. The molecule has 1 aliphatic rings. The molecule has 4 nitrogen and oxygen atoms in total. The number of benzene rings is 2. The van der Waals surface area contributed by atoms with Gasteiger partial charge in [0.2, 0.25) is 10.0 Å². The Bertz CT molecular complexity index is 804. The van der Waals surface area contributed by atoms with E-state index in [1.54, 1.807) is 12.1 Å². The van der Waals surface area contributed by atoms with Crippen LogP contribution in [-0.2, 0) is 10.0 Å². The predicted molar refractivity (Wildman–Crippen MR) is 103 cm³/mol. The van der Waals surface area contributed by atoms with E-state index in [-0.39, 0.29) is 0 Å². The minimum atomic E-state index is -3.44. The molecule has 2 aromatic carbocycles. The largest absolute Gasteiger partial charge is 0.300 e. The minimum absolute atomic E-state index is 0.343. The Morgan fingerprint density at radius 1 is 1.12 bits per heavy atom. The molecule has 2 aromatic rings. The maximum absolute atomic E-state index is 12.5. The van der Waals surface area contributed by atoms with Crippen LogP contribution in [0.25, 0.3) is 10.8 Å². The molecule has 136 valence electrons. The first kappa shape index (κ1) is 18.4. The summed E-state index contributed by atoms with van der Waals surface area (Å²) in [5, 5.41) is 2.00. The first-order valence-electron chi connectivity index (χ1n) is 9.32. The second-order valence-electron chi connectivity index (χ2n) is 6.85. The molecule has 0 spiro atoms. The van der Waals surface area contributed by atoms with Crippen molar-refractivity contribution in [1.82, 2.24) is 9.62 Å². The third-order valence-corrected chi connectivity index (χ3v) is 6.62. The highest BCUT2D eigenvalue weighted by Gasteiger charge is 2.20. The highest BCUT2D eigenvalue weighted by atomic mass is 32.2. The Labute approximate surface area is 151 Å². The zero-order valence-corrected chi connectivity index (χ0v) is 15.8. The van der Waals surface area contributed by atoms with Crippen LogP contribution in [0.2, 0.25) is 0 Å². The summed E-state index contributed by atoms with van der Waals surface area (Å²) in [6, 6.07) is 13.8. The van der Waals surface area contributed by atoms with Crippen LogP contribution >= 0.6 is 0 Å². The second-order valence-corrected chi connectivity index (χ2v) is 8.62. The van der Waals surface area contributed by atoms with Gasteiger partial charge in [0.25, 0.3) is 0 Å². The molecule has 1 saturated heterocycles. The van der Waals surface area contributed by atoms with Crippen LogP contribution in [-0.4, -0.2) is 39.0 Å². The summed E-state index contributed by atoms with van der Waals surface area (Å²) in [6.07, 6.45) is 5.90. The zero-order valence-electron chi connectivity index (χ0n) is 14.9. The molecule has 0 aromatic heterocycles. The number of rotatable bonds is 7. The second kappa shape index (κ2) is 8.30. The first-order valence-corrected chi connectivity index (χ1v) is 10.8. The molecule has 1 aliphatic heterocycles. The van der Waals surface area contributed by atoms with E-state index in [1.165, 1.54) is 25.7 Å². The summed E-state index contributed by atoms with van der Waals surface area (Å²) in [5.74, 6) is 0. The lowest BCUT2D eigenvalue weighted by Gasteiger charge is -2.35. The molecule has 0 saturated carbocycles. The standard InChI is InChI=1S/C20H28N2O2S/c1-2-19-10-5-6-14-22(19)15-7-13-21-25(23,24)20-12-11-17-8-3-4-9-18(17)16-20/h3-4,8-9,11-12,16,19,21H,2,5-7,10,13-15H2,1H3/t19-/m0/s1. The lowest BCUT2D eigenvalue weighted by atomic mass is 10.00. The summed E-state index contributed by atoms with van der Waals surface area (Å²) < 4.78 is 27.8. The molecule has 3 rings (SSSR count). The van der Waals surface area contributed by atoms with E-state index in [2.05, 4.69) is 16.5 Å². The molecule has 1 fully saturated rings. The third kappa shape index (κ3) is 4.60. The van der Waals surface area contributed by atoms with E-state index in [4.69, 9.17) is 0 Å². The van der Waals surface area contributed by atoms with Crippen molar-refractivity contribution in [3.63, 3.8) is 0 Å². The van der Waals surface area contributed by atoms with Gasteiger partial charge in [0, 0.05) is 12.6 Å². The number of sulfonamides is 1. The maximum Gasteiger partial charge on any atom is 0.240 e. The Morgan fingerprint density at radius 3 is 2.72 bits per heavy atom. The molecule has 5 heteroatoms. The quantitative estimate of drug-likeness (QED) is 0.765. The van der Waals surface area contributed by atoms with Crippen molar-refractivity contribution in [3.8, 4) is 0 Å². The van der Waals surface area contributed by atoms with Crippen LogP contribution in [0, 0.1) is 0 Å². The number of fused-ring (bicyclic) bond motifs is 1. The van der Waals surface area contributed by atoms with E-state index >= 15 is 0 Å². The number of piperidine rings is 1. The van der Waals surface area contributed by atoms with Crippen molar-refractivity contribution in [2.45, 2.75) is 50.0 Å². The van der Waals surface area contributed by atoms with Gasteiger partial charge in [0.05, 0.1) is 4.90 Å². The molecule has 0 bridgehead atoms. The number of nitrogens with one attached hydrogen (secondary N) is 1. The molecule has 1 N–H and O–H groups in total. The van der Waals surface area contributed by atoms with Crippen LogP contribution < -0.4 is 4.72 Å². The predicted octanol–water partition coefficient (Wildman–Crippen LogP) is 3.77. The van der Waals surface area contributed by atoms with Crippen molar-refractivity contribution in [2.75, 3.05) is 19.6 Å². The minimum Gasteiger partial charge on any atom is -0.300 e. The van der Waals surface area contributed by atoms with E-state index in [0.717, 1.165) is 30.3 Å². The van der Waals surface area contributed by atoms with Gasteiger partial charge in [-0.1, -0.05) is 43.7 Å². The zero-order chi connectivity index (χ0) is 17.7. The van der Waals surface area contributed by atoms with Gasteiger partial charge in [0.1, 0.15) is 0 Å². The molecule has 0 amide bonds. The van der Waals surface area contributed by atoms with Gasteiger partial charge in [-0.2, -0.15) is 0 Å². The number of hydrogen-bond acceptors (Lipinski definition) is 3. The van der Waals surface area contributed by atoms with Crippen LogP contribution in [0.4, 0.5) is 0 Å². The van der Waals surface area contributed by atoms with Crippen molar-refractivity contribution in [3.05, 3.63) is 42.5 Å². The first-order chi connectivity index (χ1) is 12.1. The van der Waals surface area contributed by atoms with Gasteiger partial charge in [0.15, 0.2) is 0 Å². The fourth-order valence-corrected chi connectivity index (χ4v) is 4.83. The maximum atomic E-state index is 12.5. The highest BCUT2D eigenvalue weighted by Crippen LogP contribution is 2.20. The third-order valence-electron chi connectivity index (χ3n) is 5.17. The van der Waals surface area contributed by atoms with E-state index in [9.17, 15) is 8.42 Å². The fourth-order valence-electron chi connectivity index (χ4n) is 3.72. The van der Waals surface area contributed by atoms with Gasteiger partial charge in [-0.25, -0.2) is 13.1 Å². The normalized spacial score (nSPS) is 19.3. The monoisotopic (exact) mass is 360 g/mol. The van der Waals surface area contributed by atoms with E-state index in [0.29, 0.717) is 17.5 Å². The average molecular weight is 361 g/mol. The van der Waals surface area contributed by atoms with Gasteiger partial charge >= 0.3 is 0 Å². The average Bonchev–Trinajstić information content (AvgIpc) is 2.65. The Kier molecular flexibility index (Phi) is 6.10. The lowest BCUT2D eigenvalue weighted by Crippen LogP contribution is -2.40. The molecular weight excluding hydrogens is 332 g/mol.